The molecule has 0 spiro atoms. The van der Waals surface area contributed by atoms with E-state index >= 15 is 0 Å². The van der Waals surface area contributed by atoms with Crippen LogP contribution in [0.25, 0.3) is 0 Å². The second-order valence-electron chi connectivity index (χ2n) is 6.06. The van der Waals surface area contributed by atoms with Crippen molar-refractivity contribution in [3.8, 4) is 6.07 Å². The molecule has 1 aromatic heterocycles. The minimum atomic E-state index is -1.14. The third kappa shape index (κ3) is 6.04. The molecule has 0 aliphatic rings. The van der Waals surface area contributed by atoms with E-state index < -0.39 is 17.9 Å². The van der Waals surface area contributed by atoms with Gasteiger partial charge in [0.25, 0.3) is 5.91 Å². The quantitative estimate of drug-likeness (QED) is 0.824. The van der Waals surface area contributed by atoms with Crippen LogP contribution in [-0.2, 0) is 9.53 Å². The van der Waals surface area contributed by atoms with Crippen LogP contribution in [0.3, 0.4) is 0 Å². The average molecular weight is 319 g/mol. The number of nitrogens with one attached hydrogen (secondary N) is 1. The fourth-order valence-electron chi connectivity index (χ4n) is 1.78. The predicted molar refractivity (Wildman–Crippen MR) is 82.9 cm³/mol. The van der Waals surface area contributed by atoms with Gasteiger partial charge in [0.1, 0.15) is 17.8 Å². The van der Waals surface area contributed by atoms with Crippen molar-refractivity contribution >= 4 is 11.9 Å². The van der Waals surface area contributed by atoms with E-state index in [1.54, 1.807) is 6.92 Å². The number of pyridine rings is 1. The van der Waals surface area contributed by atoms with Crippen LogP contribution in [0, 0.1) is 18.3 Å². The zero-order chi connectivity index (χ0) is 17.6. The number of hydrogen-bond donors (Lipinski definition) is 2. The molecule has 0 aromatic carbocycles. The second kappa shape index (κ2) is 7.70. The molecule has 0 aliphatic carbocycles. The fourth-order valence-corrected chi connectivity index (χ4v) is 1.78. The van der Waals surface area contributed by atoms with Crippen molar-refractivity contribution in [2.24, 2.45) is 0 Å². The number of aryl methyl sites for hydroxylation is 1. The molecule has 1 heterocycles. The number of hydrogen-bond acceptors (Lipinski definition) is 5. The van der Waals surface area contributed by atoms with Crippen LogP contribution in [0.1, 0.15) is 48.9 Å². The molecule has 0 radical (unpaired) electrons. The first kappa shape index (κ1) is 18.6. The number of aliphatic carboxylic acids is 1. The monoisotopic (exact) mass is 319 g/mol. The molecule has 1 unspecified atom stereocenters. The summed E-state index contributed by atoms with van der Waals surface area (Å²) >= 11 is 0. The van der Waals surface area contributed by atoms with Crippen LogP contribution >= 0.6 is 0 Å². The second-order valence-corrected chi connectivity index (χ2v) is 6.06. The van der Waals surface area contributed by atoms with Crippen molar-refractivity contribution in [1.82, 2.24) is 10.3 Å². The lowest BCUT2D eigenvalue weighted by molar-refractivity contribution is -0.140. The number of carboxylic acid groups (broad SMARTS) is 1. The first-order chi connectivity index (χ1) is 10.6. The maximum absolute atomic E-state index is 12.1. The van der Waals surface area contributed by atoms with Crippen molar-refractivity contribution in [3.63, 3.8) is 0 Å². The fraction of sp³-hybridized carbons (Fsp3) is 0.500. The number of nitrogens with zero attached hydrogens (tertiary/aromatic N) is 2. The predicted octanol–water partition coefficient (Wildman–Crippen LogP) is 1.65. The van der Waals surface area contributed by atoms with Crippen molar-refractivity contribution in [1.29, 1.82) is 5.26 Å². The van der Waals surface area contributed by atoms with E-state index in [4.69, 9.17) is 10.00 Å². The molecule has 7 heteroatoms. The summed E-state index contributed by atoms with van der Waals surface area (Å²) in [5.41, 5.74) is 0.487. The summed E-state index contributed by atoms with van der Waals surface area (Å²) in [6.07, 6.45) is 0.146. The minimum Gasteiger partial charge on any atom is -0.480 e. The molecule has 0 fully saturated rings. The molecule has 1 amide bonds. The molecular weight excluding hydrogens is 298 g/mol. The van der Waals surface area contributed by atoms with Gasteiger partial charge in [0, 0.05) is 13.0 Å². The number of aromatic nitrogens is 1. The van der Waals surface area contributed by atoms with E-state index in [0.29, 0.717) is 11.3 Å². The van der Waals surface area contributed by atoms with Crippen molar-refractivity contribution in [2.75, 3.05) is 6.61 Å². The molecule has 0 saturated heterocycles. The summed E-state index contributed by atoms with van der Waals surface area (Å²) in [6.45, 7) is 7.42. The van der Waals surface area contributed by atoms with Gasteiger partial charge in [0.2, 0.25) is 0 Å². The Kier molecular flexibility index (Phi) is 6.22. The van der Waals surface area contributed by atoms with Crippen LogP contribution in [0.4, 0.5) is 0 Å². The zero-order valence-electron chi connectivity index (χ0n) is 13.7. The SMILES string of the molecule is Cc1nc(C(=O)NC(CCOC(C)(C)C)C(=O)O)ccc1C#N. The van der Waals surface area contributed by atoms with Crippen LogP contribution in [-0.4, -0.2) is 40.2 Å². The van der Waals surface area contributed by atoms with Crippen LogP contribution in [0.15, 0.2) is 12.1 Å². The third-order valence-corrected chi connectivity index (χ3v) is 2.98. The molecule has 23 heavy (non-hydrogen) atoms. The lowest BCUT2D eigenvalue weighted by Gasteiger charge is -2.21. The van der Waals surface area contributed by atoms with E-state index in [1.165, 1.54) is 12.1 Å². The van der Waals surface area contributed by atoms with Gasteiger partial charge >= 0.3 is 5.97 Å². The van der Waals surface area contributed by atoms with Gasteiger partial charge in [-0.1, -0.05) is 0 Å². The maximum Gasteiger partial charge on any atom is 0.326 e. The summed E-state index contributed by atoms with van der Waals surface area (Å²) in [5, 5.41) is 20.5. The van der Waals surface area contributed by atoms with E-state index in [2.05, 4.69) is 10.3 Å². The first-order valence-corrected chi connectivity index (χ1v) is 7.19. The van der Waals surface area contributed by atoms with Gasteiger partial charge in [0.15, 0.2) is 0 Å². The molecule has 0 aliphatic heterocycles. The Balaban J connectivity index is 2.73. The lowest BCUT2D eigenvalue weighted by atomic mass is 10.1. The number of rotatable bonds is 6. The number of carbonyl (C=O) groups excluding carboxylic acids is 1. The Labute approximate surface area is 135 Å². The van der Waals surface area contributed by atoms with Gasteiger partial charge in [0.05, 0.1) is 16.9 Å². The highest BCUT2D eigenvalue weighted by molar-refractivity contribution is 5.95. The number of ether oxygens (including phenoxy) is 1. The van der Waals surface area contributed by atoms with E-state index in [9.17, 15) is 14.7 Å². The summed E-state index contributed by atoms with van der Waals surface area (Å²) in [5.74, 6) is -1.73. The van der Waals surface area contributed by atoms with Crippen LogP contribution < -0.4 is 5.32 Å². The summed E-state index contributed by atoms with van der Waals surface area (Å²) in [7, 11) is 0. The lowest BCUT2D eigenvalue weighted by Crippen LogP contribution is -2.42. The van der Waals surface area contributed by atoms with Crippen molar-refractivity contribution in [3.05, 3.63) is 29.1 Å². The zero-order valence-corrected chi connectivity index (χ0v) is 13.7. The Morgan fingerprint density at radius 1 is 1.43 bits per heavy atom. The van der Waals surface area contributed by atoms with Gasteiger partial charge in [-0.25, -0.2) is 9.78 Å². The van der Waals surface area contributed by atoms with Gasteiger partial charge in [-0.3, -0.25) is 4.79 Å². The first-order valence-electron chi connectivity index (χ1n) is 7.19. The van der Waals surface area contributed by atoms with Crippen molar-refractivity contribution in [2.45, 2.75) is 45.8 Å². The molecule has 0 bridgehead atoms. The minimum absolute atomic E-state index is 0.0736. The highest BCUT2D eigenvalue weighted by atomic mass is 16.5. The van der Waals surface area contributed by atoms with Gasteiger partial charge in [-0.2, -0.15) is 5.26 Å². The summed E-state index contributed by atoms with van der Waals surface area (Å²) in [4.78, 5) is 27.4. The number of amides is 1. The number of carbonyl (C=O) groups is 2. The molecule has 124 valence electrons. The maximum atomic E-state index is 12.1. The number of carboxylic acids is 1. The van der Waals surface area contributed by atoms with Gasteiger partial charge < -0.3 is 15.2 Å². The summed E-state index contributed by atoms with van der Waals surface area (Å²) < 4.78 is 5.48. The van der Waals surface area contributed by atoms with Gasteiger partial charge in [-0.05, 0) is 39.8 Å². The Morgan fingerprint density at radius 2 is 2.09 bits per heavy atom. The molecule has 1 atom stereocenters. The van der Waals surface area contributed by atoms with Crippen molar-refractivity contribution < 1.29 is 19.4 Å². The molecule has 0 saturated carbocycles. The van der Waals surface area contributed by atoms with Crippen LogP contribution in [0.5, 0.6) is 0 Å². The number of nitriles is 1. The normalized spacial score (nSPS) is 12.3. The third-order valence-electron chi connectivity index (χ3n) is 2.98. The Bertz CT molecular complexity index is 629. The summed E-state index contributed by atoms with van der Waals surface area (Å²) in [6, 6.07) is 3.77. The van der Waals surface area contributed by atoms with E-state index in [0.717, 1.165) is 0 Å². The Hall–Kier alpha value is -2.46. The highest BCUT2D eigenvalue weighted by Crippen LogP contribution is 2.09. The van der Waals surface area contributed by atoms with E-state index in [-0.39, 0.29) is 24.3 Å². The standard InChI is InChI=1S/C16H21N3O4/c1-10-11(9-17)5-6-12(18-10)14(20)19-13(15(21)22)7-8-23-16(2,3)4/h5-6,13H,7-8H2,1-4H3,(H,19,20)(H,21,22). The smallest absolute Gasteiger partial charge is 0.326 e. The Morgan fingerprint density at radius 3 is 2.57 bits per heavy atom. The molecule has 2 N–H and O–H groups in total. The largest absolute Gasteiger partial charge is 0.480 e. The van der Waals surface area contributed by atoms with Gasteiger partial charge in [-0.15, -0.1) is 0 Å². The average Bonchev–Trinajstić information content (AvgIpc) is 2.44. The molecular formula is C16H21N3O4. The van der Waals surface area contributed by atoms with Crippen LogP contribution in [0.2, 0.25) is 0 Å². The molecule has 7 nitrogen and oxygen atoms in total. The molecule has 1 aromatic rings. The molecule has 1 rings (SSSR count). The van der Waals surface area contributed by atoms with E-state index in [1.807, 2.05) is 26.8 Å². The highest BCUT2D eigenvalue weighted by Gasteiger charge is 2.22. The topological polar surface area (TPSA) is 112 Å².